The molecule has 1 aliphatic rings. The maximum atomic E-state index is 12.0. The van der Waals surface area contributed by atoms with E-state index in [1.807, 2.05) is 0 Å². The molecule has 1 aliphatic carbocycles. The van der Waals surface area contributed by atoms with Gasteiger partial charge in [0.2, 0.25) is 11.8 Å². The van der Waals surface area contributed by atoms with Gasteiger partial charge in [0, 0.05) is 6.07 Å². The summed E-state index contributed by atoms with van der Waals surface area (Å²) in [4.78, 5) is 27.0. The number of rotatable bonds is 4. The second kappa shape index (κ2) is 4.53. The zero-order chi connectivity index (χ0) is 14.2. The molecule has 1 amide bonds. The lowest BCUT2D eigenvalue weighted by molar-refractivity contribution is -0.140. The fraction of sp³-hybridized carbons (Fsp3) is 0.462. The van der Waals surface area contributed by atoms with Gasteiger partial charge in [0.25, 0.3) is 0 Å². The second-order valence-corrected chi connectivity index (χ2v) is 5.19. The number of aromatic nitrogens is 1. The number of carbonyl (C=O) groups excluding carboxylic acids is 1. The minimum absolute atomic E-state index is 0.288. The Hall–Kier alpha value is -2.11. The van der Waals surface area contributed by atoms with Crippen molar-refractivity contribution in [3.63, 3.8) is 0 Å². The molecule has 1 fully saturated rings. The van der Waals surface area contributed by atoms with Gasteiger partial charge in [0.15, 0.2) is 0 Å². The average molecular weight is 264 g/mol. The van der Waals surface area contributed by atoms with E-state index in [0.29, 0.717) is 11.6 Å². The summed E-state index contributed by atoms with van der Waals surface area (Å²) in [5.41, 5.74) is 0.0214. The minimum atomic E-state index is -0.932. The third-order valence-electron chi connectivity index (χ3n) is 3.59. The lowest BCUT2D eigenvalue weighted by Crippen LogP contribution is -2.17. The summed E-state index contributed by atoms with van der Waals surface area (Å²) >= 11 is 0. The first-order valence-corrected chi connectivity index (χ1v) is 5.91. The molecule has 0 aromatic carbocycles. The Kier molecular flexibility index (Phi) is 3.18. The molecule has 19 heavy (non-hydrogen) atoms. The van der Waals surface area contributed by atoms with Crippen LogP contribution in [0.25, 0.3) is 0 Å². The lowest BCUT2D eigenvalue weighted by atomic mass is 10.1. The van der Waals surface area contributed by atoms with Crippen molar-refractivity contribution in [3.8, 4) is 5.88 Å². The van der Waals surface area contributed by atoms with E-state index >= 15 is 0 Å². The van der Waals surface area contributed by atoms with Crippen molar-refractivity contribution in [2.75, 3.05) is 12.4 Å². The molecule has 1 heterocycles. The number of ether oxygens (including phenoxy) is 1. The number of methoxy groups -OCH3 is 1. The summed E-state index contributed by atoms with van der Waals surface area (Å²) in [5.74, 6) is -1.90. The number of aliphatic carboxylic acids is 1. The standard InChI is InChI=1S/C13H16N2O4/c1-13(2)9(10(13)12(17)18)11(16)15-7-4-5-8(19-3)14-6-7/h4-6,9-10H,1-3H3,(H,15,16)(H,17,18)/t9-,10-/m0/s1. The lowest BCUT2D eigenvalue weighted by Gasteiger charge is -2.06. The van der Waals surface area contributed by atoms with Gasteiger partial charge in [0.1, 0.15) is 0 Å². The monoisotopic (exact) mass is 264 g/mol. The van der Waals surface area contributed by atoms with Gasteiger partial charge < -0.3 is 15.2 Å². The van der Waals surface area contributed by atoms with Gasteiger partial charge in [0.05, 0.1) is 30.8 Å². The van der Waals surface area contributed by atoms with Crippen molar-refractivity contribution < 1.29 is 19.4 Å². The molecule has 2 atom stereocenters. The zero-order valence-electron chi connectivity index (χ0n) is 11.0. The van der Waals surface area contributed by atoms with Crippen LogP contribution in [0.15, 0.2) is 18.3 Å². The SMILES string of the molecule is COc1ccc(NC(=O)[C@@H]2[C@@H](C(=O)O)C2(C)C)cn1. The van der Waals surface area contributed by atoms with Crippen LogP contribution in [-0.4, -0.2) is 29.1 Å². The normalized spacial score (nSPS) is 23.5. The van der Waals surface area contributed by atoms with E-state index in [-0.39, 0.29) is 5.91 Å². The van der Waals surface area contributed by atoms with E-state index < -0.39 is 23.2 Å². The Balaban J connectivity index is 2.04. The summed E-state index contributed by atoms with van der Waals surface area (Å²) < 4.78 is 4.91. The topological polar surface area (TPSA) is 88.5 Å². The van der Waals surface area contributed by atoms with Crippen molar-refractivity contribution in [3.05, 3.63) is 18.3 Å². The first-order valence-electron chi connectivity index (χ1n) is 5.91. The molecular formula is C13H16N2O4. The smallest absolute Gasteiger partial charge is 0.307 e. The summed E-state index contributed by atoms with van der Waals surface area (Å²) in [5, 5.41) is 11.7. The fourth-order valence-corrected chi connectivity index (χ4v) is 2.38. The van der Waals surface area contributed by atoms with Crippen LogP contribution in [0.1, 0.15) is 13.8 Å². The van der Waals surface area contributed by atoms with Gasteiger partial charge in [-0.15, -0.1) is 0 Å². The minimum Gasteiger partial charge on any atom is -0.481 e. The molecule has 1 aromatic rings. The first kappa shape index (κ1) is 13.3. The highest BCUT2D eigenvalue weighted by Crippen LogP contribution is 2.58. The molecule has 0 spiro atoms. The number of nitrogens with zero attached hydrogens (tertiary/aromatic N) is 1. The van der Waals surface area contributed by atoms with Crippen LogP contribution in [0.3, 0.4) is 0 Å². The van der Waals surface area contributed by atoms with Gasteiger partial charge in [-0.2, -0.15) is 0 Å². The third kappa shape index (κ3) is 2.38. The number of pyridine rings is 1. The van der Waals surface area contributed by atoms with Crippen LogP contribution < -0.4 is 10.1 Å². The summed E-state index contributed by atoms with van der Waals surface area (Å²) in [6.45, 7) is 3.56. The molecule has 0 radical (unpaired) electrons. The van der Waals surface area contributed by atoms with Gasteiger partial charge >= 0.3 is 5.97 Å². The van der Waals surface area contributed by atoms with Gasteiger partial charge in [-0.3, -0.25) is 9.59 Å². The van der Waals surface area contributed by atoms with E-state index in [1.165, 1.54) is 13.3 Å². The third-order valence-corrected chi connectivity index (χ3v) is 3.59. The molecule has 1 aromatic heterocycles. The number of carboxylic acid groups (broad SMARTS) is 1. The van der Waals surface area contributed by atoms with Crippen molar-refractivity contribution in [2.45, 2.75) is 13.8 Å². The molecule has 0 bridgehead atoms. The number of amides is 1. The van der Waals surface area contributed by atoms with Crippen LogP contribution in [0.4, 0.5) is 5.69 Å². The van der Waals surface area contributed by atoms with Crippen molar-refractivity contribution in [2.24, 2.45) is 17.3 Å². The van der Waals surface area contributed by atoms with Gasteiger partial charge in [-0.1, -0.05) is 13.8 Å². The number of nitrogens with one attached hydrogen (secondary N) is 1. The van der Waals surface area contributed by atoms with Crippen LogP contribution in [-0.2, 0) is 9.59 Å². The Bertz CT molecular complexity index is 510. The van der Waals surface area contributed by atoms with Crippen molar-refractivity contribution in [1.82, 2.24) is 4.98 Å². The van der Waals surface area contributed by atoms with Crippen LogP contribution in [0.5, 0.6) is 5.88 Å². The number of carbonyl (C=O) groups is 2. The highest BCUT2D eigenvalue weighted by molar-refractivity contribution is 5.99. The predicted molar refractivity (Wildman–Crippen MR) is 67.8 cm³/mol. The first-order chi connectivity index (χ1) is 8.87. The highest BCUT2D eigenvalue weighted by Gasteiger charge is 2.65. The molecule has 6 heteroatoms. The van der Waals surface area contributed by atoms with Crippen LogP contribution >= 0.6 is 0 Å². The molecule has 6 nitrogen and oxygen atoms in total. The predicted octanol–water partition coefficient (Wildman–Crippen LogP) is 1.39. The Morgan fingerprint density at radius 2 is 2.05 bits per heavy atom. The highest BCUT2D eigenvalue weighted by atomic mass is 16.5. The van der Waals surface area contributed by atoms with E-state index in [9.17, 15) is 9.59 Å². The molecule has 102 valence electrons. The Morgan fingerprint density at radius 1 is 1.37 bits per heavy atom. The molecule has 0 aliphatic heterocycles. The fourth-order valence-electron chi connectivity index (χ4n) is 2.38. The summed E-state index contributed by atoms with van der Waals surface area (Å²) in [6.07, 6.45) is 1.47. The molecule has 2 N–H and O–H groups in total. The van der Waals surface area contributed by atoms with Crippen LogP contribution in [0, 0.1) is 17.3 Å². The molecule has 2 rings (SSSR count). The van der Waals surface area contributed by atoms with E-state index in [2.05, 4.69) is 10.3 Å². The van der Waals surface area contributed by atoms with Crippen molar-refractivity contribution >= 4 is 17.6 Å². The molecule has 0 unspecified atom stereocenters. The Morgan fingerprint density at radius 3 is 2.47 bits per heavy atom. The van der Waals surface area contributed by atoms with Crippen molar-refractivity contribution in [1.29, 1.82) is 0 Å². The maximum Gasteiger partial charge on any atom is 0.307 e. The van der Waals surface area contributed by atoms with Gasteiger partial charge in [-0.25, -0.2) is 4.98 Å². The average Bonchev–Trinajstić information content (AvgIpc) is 2.93. The summed E-state index contributed by atoms with van der Waals surface area (Å²) in [6, 6.07) is 3.29. The zero-order valence-corrected chi connectivity index (χ0v) is 11.0. The number of hydrogen-bond donors (Lipinski definition) is 2. The number of carboxylic acids is 1. The number of anilines is 1. The quantitative estimate of drug-likeness (QED) is 0.857. The second-order valence-electron chi connectivity index (χ2n) is 5.19. The Labute approximate surface area is 110 Å². The molecule has 0 saturated heterocycles. The van der Waals surface area contributed by atoms with E-state index in [0.717, 1.165) is 0 Å². The van der Waals surface area contributed by atoms with E-state index in [1.54, 1.807) is 26.0 Å². The largest absolute Gasteiger partial charge is 0.481 e. The van der Waals surface area contributed by atoms with E-state index in [4.69, 9.17) is 9.84 Å². The molecular weight excluding hydrogens is 248 g/mol. The van der Waals surface area contributed by atoms with Crippen LogP contribution in [0.2, 0.25) is 0 Å². The molecule has 1 saturated carbocycles. The van der Waals surface area contributed by atoms with Gasteiger partial charge in [-0.05, 0) is 11.5 Å². The number of hydrogen-bond acceptors (Lipinski definition) is 4. The maximum absolute atomic E-state index is 12.0. The summed E-state index contributed by atoms with van der Waals surface area (Å²) in [7, 11) is 1.50.